The van der Waals surface area contributed by atoms with E-state index in [0.717, 1.165) is 26.1 Å². The topological polar surface area (TPSA) is 29.5 Å². The molecule has 1 unspecified atom stereocenters. The SMILES string of the molecule is Cc1cccc(CN2CCCC(CC(=O)OC(C)C)C2)c1. The van der Waals surface area contributed by atoms with Crippen LogP contribution in [0.25, 0.3) is 0 Å². The van der Waals surface area contributed by atoms with Crippen molar-refractivity contribution in [2.24, 2.45) is 5.92 Å². The lowest BCUT2D eigenvalue weighted by Crippen LogP contribution is -2.36. The molecule has 1 aliphatic rings. The molecule has 0 spiro atoms. The number of benzene rings is 1. The molecule has 1 aromatic rings. The monoisotopic (exact) mass is 289 g/mol. The number of carbonyl (C=O) groups is 1. The van der Waals surface area contributed by atoms with E-state index in [9.17, 15) is 4.79 Å². The summed E-state index contributed by atoms with van der Waals surface area (Å²) < 4.78 is 5.26. The van der Waals surface area contributed by atoms with Gasteiger partial charge in [0.15, 0.2) is 0 Å². The number of ether oxygens (including phenoxy) is 1. The van der Waals surface area contributed by atoms with Crippen LogP contribution < -0.4 is 0 Å². The average molecular weight is 289 g/mol. The molecule has 2 rings (SSSR count). The molecule has 0 aliphatic carbocycles. The zero-order chi connectivity index (χ0) is 15.2. The number of likely N-dealkylation sites (tertiary alicyclic amines) is 1. The maximum atomic E-state index is 11.8. The first-order valence-electron chi connectivity index (χ1n) is 8.00. The lowest BCUT2D eigenvalue weighted by molar-refractivity contribution is -0.149. The normalized spacial score (nSPS) is 19.7. The second-order valence-corrected chi connectivity index (χ2v) is 6.48. The summed E-state index contributed by atoms with van der Waals surface area (Å²) in [5.41, 5.74) is 2.67. The van der Waals surface area contributed by atoms with Crippen molar-refractivity contribution in [3.8, 4) is 0 Å². The number of esters is 1. The number of hydrogen-bond acceptors (Lipinski definition) is 3. The van der Waals surface area contributed by atoms with Gasteiger partial charge < -0.3 is 4.74 Å². The summed E-state index contributed by atoms with van der Waals surface area (Å²) in [7, 11) is 0. The molecule has 116 valence electrons. The van der Waals surface area contributed by atoms with Crippen molar-refractivity contribution in [3.05, 3.63) is 35.4 Å². The fraction of sp³-hybridized carbons (Fsp3) is 0.611. The summed E-state index contributed by atoms with van der Waals surface area (Å²) in [6.07, 6.45) is 2.86. The van der Waals surface area contributed by atoms with E-state index in [2.05, 4.69) is 36.1 Å². The van der Waals surface area contributed by atoms with Gasteiger partial charge in [0.25, 0.3) is 0 Å². The third-order valence-corrected chi connectivity index (χ3v) is 3.91. The number of nitrogens with zero attached hydrogens (tertiary/aromatic N) is 1. The van der Waals surface area contributed by atoms with Crippen LogP contribution in [0, 0.1) is 12.8 Å². The van der Waals surface area contributed by atoms with Gasteiger partial charge in [0, 0.05) is 19.5 Å². The van der Waals surface area contributed by atoms with Crippen LogP contribution >= 0.6 is 0 Å². The van der Waals surface area contributed by atoms with Crippen molar-refractivity contribution in [1.29, 1.82) is 0 Å². The first kappa shape index (κ1) is 16.0. The van der Waals surface area contributed by atoms with E-state index in [-0.39, 0.29) is 12.1 Å². The third-order valence-electron chi connectivity index (χ3n) is 3.91. The van der Waals surface area contributed by atoms with E-state index in [1.165, 1.54) is 17.5 Å². The van der Waals surface area contributed by atoms with E-state index >= 15 is 0 Å². The van der Waals surface area contributed by atoms with Crippen LogP contribution in [0.15, 0.2) is 24.3 Å². The molecule has 1 aliphatic heterocycles. The van der Waals surface area contributed by atoms with Crippen LogP contribution in [0.2, 0.25) is 0 Å². The van der Waals surface area contributed by atoms with Crippen LogP contribution in [0.1, 0.15) is 44.2 Å². The highest BCUT2D eigenvalue weighted by atomic mass is 16.5. The molecule has 1 fully saturated rings. The Balaban J connectivity index is 1.84. The van der Waals surface area contributed by atoms with E-state index in [1.54, 1.807) is 0 Å². The Hall–Kier alpha value is -1.35. The molecule has 0 bridgehead atoms. The van der Waals surface area contributed by atoms with E-state index < -0.39 is 0 Å². The summed E-state index contributed by atoms with van der Waals surface area (Å²) in [5, 5.41) is 0. The minimum atomic E-state index is -0.0487. The molecule has 0 aromatic heterocycles. The van der Waals surface area contributed by atoms with Gasteiger partial charge >= 0.3 is 5.97 Å². The van der Waals surface area contributed by atoms with Gasteiger partial charge in [-0.3, -0.25) is 9.69 Å². The second kappa shape index (κ2) is 7.60. The van der Waals surface area contributed by atoms with Gasteiger partial charge in [-0.15, -0.1) is 0 Å². The van der Waals surface area contributed by atoms with Crippen molar-refractivity contribution in [3.63, 3.8) is 0 Å². The number of aryl methyl sites for hydroxylation is 1. The predicted molar refractivity (Wildman–Crippen MR) is 85.0 cm³/mol. The van der Waals surface area contributed by atoms with Gasteiger partial charge in [-0.1, -0.05) is 29.8 Å². The predicted octanol–water partition coefficient (Wildman–Crippen LogP) is 3.55. The Morgan fingerprint density at radius 1 is 1.43 bits per heavy atom. The van der Waals surface area contributed by atoms with Crippen LogP contribution in [0.3, 0.4) is 0 Å². The third kappa shape index (κ3) is 5.50. The number of rotatable bonds is 5. The molecule has 3 heteroatoms. The van der Waals surface area contributed by atoms with E-state index in [0.29, 0.717) is 12.3 Å². The van der Waals surface area contributed by atoms with Crippen molar-refractivity contribution in [1.82, 2.24) is 4.90 Å². The molecule has 0 amide bonds. The number of hydrogen-bond donors (Lipinski definition) is 0. The minimum absolute atomic E-state index is 0.00973. The molecule has 3 nitrogen and oxygen atoms in total. The van der Waals surface area contributed by atoms with Gasteiger partial charge in [0.2, 0.25) is 0 Å². The molecule has 0 saturated carbocycles. The second-order valence-electron chi connectivity index (χ2n) is 6.48. The molecule has 1 saturated heterocycles. The summed E-state index contributed by atoms with van der Waals surface area (Å²) in [6.45, 7) is 9.05. The van der Waals surface area contributed by atoms with Gasteiger partial charge in [-0.2, -0.15) is 0 Å². The van der Waals surface area contributed by atoms with E-state index in [4.69, 9.17) is 4.74 Å². The van der Waals surface area contributed by atoms with Gasteiger partial charge in [0.1, 0.15) is 0 Å². The molecule has 0 radical (unpaired) electrons. The van der Waals surface area contributed by atoms with Crippen molar-refractivity contribution in [2.45, 2.75) is 52.7 Å². The lowest BCUT2D eigenvalue weighted by atomic mass is 9.94. The number of piperidine rings is 1. The summed E-state index contributed by atoms with van der Waals surface area (Å²) in [6, 6.07) is 8.68. The Labute approximate surface area is 128 Å². The average Bonchev–Trinajstić information content (AvgIpc) is 2.37. The fourth-order valence-corrected chi connectivity index (χ4v) is 3.08. The zero-order valence-electron chi connectivity index (χ0n) is 13.5. The Morgan fingerprint density at radius 2 is 2.24 bits per heavy atom. The summed E-state index contributed by atoms with van der Waals surface area (Å²) in [5.74, 6) is 0.391. The summed E-state index contributed by atoms with van der Waals surface area (Å²) in [4.78, 5) is 14.3. The number of carbonyl (C=O) groups excluding carboxylic acids is 1. The largest absolute Gasteiger partial charge is 0.463 e. The van der Waals surface area contributed by atoms with Crippen LogP contribution in [-0.4, -0.2) is 30.1 Å². The standard InChI is InChI=1S/C18H27NO2/c1-14(2)21-18(20)11-17-8-5-9-19(13-17)12-16-7-4-6-15(3)10-16/h4,6-7,10,14,17H,5,8-9,11-13H2,1-3H3. The molecular weight excluding hydrogens is 262 g/mol. The molecule has 21 heavy (non-hydrogen) atoms. The van der Waals surface area contributed by atoms with Crippen molar-refractivity contribution in [2.75, 3.05) is 13.1 Å². The van der Waals surface area contributed by atoms with Gasteiger partial charge in [-0.05, 0) is 51.6 Å². The van der Waals surface area contributed by atoms with E-state index in [1.807, 2.05) is 13.8 Å². The van der Waals surface area contributed by atoms with Crippen LogP contribution in [0.5, 0.6) is 0 Å². The highest BCUT2D eigenvalue weighted by Crippen LogP contribution is 2.22. The maximum Gasteiger partial charge on any atom is 0.306 e. The zero-order valence-corrected chi connectivity index (χ0v) is 13.5. The maximum absolute atomic E-state index is 11.8. The summed E-state index contributed by atoms with van der Waals surface area (Å²) >= 11 is 0. The molecule has 0 N–H and O–H groups in total. The first-order valence-corrected chi connectivity index (χ1v) is 8.00. The smallest absolute Gasteiger partial charge is 0.306 e. The highest BCUT2D eigenvalue weighted by Gasteiger charge is 2.23. The van der Waals surface area contributed by atoms with Gasteiger partial charge in [-0.25, -0.2) is 0 Å². The van der Waals surface area contributed by atoms with Crippen molar-refractivity contribution >= 4 is 5.97 Å². The first-order chi connectivity index (χ1) is 10.0. The molecule has 1 aromatic carbocycles. The fourth-order valence-electron chi connectivity index (χ4n) is 3.08. The molecular formula is C18H27NO2. The van der Waals surface area contributed by atoms with Gasteiger partial charge in [0.05, 0.1) is 6.10 Å². The highest BCUT2D eigenvalue weighted by molar-refractivity contribution is 5.69. The Kier molecular flexibility index (Phi) is 5.80. The minimum Gasteiger partial charge on any atom is -0.463 e. The molecule has 1 atom stereocenters. The van der Waals surface area contributed by atoms with Crippen LogP contribution in [0.4, 0.5) is 0 Å². The Bertz CT molecular complexity index is 470. The van der Waals surface area contributed by atoms with Crippen molar-refractivity contribution < 1.29 is 9.53 Å². The van der Waals surface area contributed by atoms with Crippen LogP contribution in [-0.2, 0) is 16.1 Å². The Morgan fingerprint density at radius 3 is 2.95 bits per heavy atom. The molecule has 1 heterocycles. The quantitative estimate of drug-likeness (QED) is 0.776. The lowest BCUT2D eigenvalue weighted by Gasteiger charge is -2.32.